The van der Waals surface area contributed by atoms with Crippen LogP contribution in [0.4, 0.5) is 42.1 Å². The standard InChI is InChI=1S/C26H23F4N5O2.C20H19ClF3N5O/c1-15-11-16(5-8-20(15)25(36)33-18-6-7-18)22-14-32-24-21(31-10-9-26(28,29)30)13-23(34-35(22)24)37-19-4-2-3-17(27)12-19;1-11-8-12(2-5-14(11)19(30)27-13-3-4-13)16-10-26-18-15(9-17(21)28-29(16)18)25-7-6-20(22,23)24/h2-5,8,11-14,18,31H,6-7,9-10H2,1H3,(H,33,36);2,5,8-10,13,25H,3-4,6-7H2,1H3,(H,27,30). The van der Waals surface area contributed by atoms with E-state index in [9.17, 15) is 40.3 Å². The third kappa shape index (κ3) is 11.9. The van der Waals surface area contributed by atoms with Crippen LogP contribution in [0, 0.1) is 19.7 Å². The molecule has 2 fully saturated rings. The number of alkyl halides is 6. The maximum absolute atomic E-state index is 13.7. The van der Waals surface area contributed by atoms with Gasteiger partial charge < -0.3 is 26.0 Å². The first-order chi connectivity index (χ1) is 31.9. The summed E-state index contributed by atoms with van der Waals surface area (Å²) in [6, 6.07) is 19.5. The highest BCUT2D eigenvalue weighted by atomic mass is 35.5. The number of rotatable bonds is 14. The number of fused-ring (bicyclic) bond motifs is 2. The molecule has 2 aliphatic rings. The van der Waals surface area contributed by atoms with Gasteiger partial charge in [-0.25, -0.2) is 23.4 Å². The van der Waals surface area contributed by atoms with Crippen molar-refractivity contribution in [1.29, 1.82) is 0 Å². The molecule has 4 N–H and O–H groups in total. The van der Waals surface area contributed by atoms with Gasteiger partial charge in [0, 0.05) is 65.6 Å². The second-order valence-corrected chi connectivity index (χ2v) is 16.6. The molecule has 350 valence electrons. The van der Waals surface area contributed by atoms with Crippen LogP contribution in [0.15, 0.2) is 85.2 Å². The van der Waals surface area contributed by atoms with Crippen LogP contribution < -0.4 is 26.0 Å². The number of halogens is 8. The summed E-state index contributed by atoms with van der Waals surface area (Å²) >= 11 is 6.09. The Bertz CT molecular complexity index is 2970. The highest BCUT2D eigenvalue weighted by Gasteiger charge is 2.29. The molecule has 2 amide bonds. The van der Waals surface area contributed by atoms with Gasteiger partial charge in [-0.2, -0.15) is 31.4 Å². The zero-order valence-corrected chi connectivity index (χ0v) is 36.6. The van der Waals surface area contributed by atoms with E-state index < -0.39 is 31.0 Å². The second kappa shape index (κ2) is 19.1. The molecule has 2 aliphatic carbocycles. The van der Waals surface area contributed by atoms with E-state index in [0.717, 1.165) is 42.4 Å². The number of hydrogen-bond donors (Lipinski definition) is 4. The highest BCUT2D eigenvalue weighted by Crippen LogP contribution is 2.32. The average molecular weight is 951 g/mol. The van der Waals surface area contributed by atoms with Crippen molar-refractivity contribution in [2.45, 2.75) is 76.8 Å². The van der Waals surface area contributed by atoms with Gasteiger partial charge in [-0.1, -0.05) is 29.8 Å². The van der Waals surface area contributed by atoms with Crippen LogP contribution in [-0.4, -0.2) is 78.5 Å². The summed E-state index contributed by atoms with van der Waals surface area (Å²) in [5.74, 6) is -0.533. The SMILES string of the molecule is Cc1cc(-c2cnc3c(NCCC(F)(F)F)cc(Cl)nn23)ccc1C(=O)NC1CC1.Cc1cc(-c2cnc3c(NCCC(F)(F)F)cc(Oc4cccc(F)c4)nn23)ccc1C(=O)NC1CC1. The molecular weight excluding hydrogens is 909 g/mol. The lowest BCUT2D eigenvalue weighted by Crippen LogP contribution is -2.26. The number of benzene rings is 3. The molecule has 0 atom stereocenters. The molecule has 0 bridgehead atoms. The van der Waals surface area contributed by atoms with Gasteiger partial charge in [0.15, 0.2) is 16.4 Å². The van der Waals surface area contributed by atoms with E-state index in [1.54, 1.807) is 36.7 Å². The zero-order chi connectivity index (χ0) is 47.6. The van der Waals surface area contributed by atoms with Crippen LogP contribution in [0.3, 0.4) is 0 Å². The molecule has 13 nitrogen and oxygen atoms in total. The lowest BCUT2D eigenvalue weighted by Gasteiger charge is -2.13. The van der Waals surface area contributed by atoms with Gasteiger partial charge in [-0.3, -0.25) is 9.59 Å². The van der Waals surface area contributed by atoms with Gasteiger partial charge in [0.25, 0.3) is 11.8 Å². The van der Waals surface area contributed by atoms with Crippen molar-refractivity contribution in [3.05, 3.63) is 118 Å². The lowest BCUT2D eigenvalue weighted by atomic mass is 10.0. The monoisotopic (exact) mass is 950 g/mol. The van der Waals surface area contributed by atoms with Crippen LogP contribution in [0.25, 0.3) is 33.8 Å². The Morgan fingerprint density at radius 2 is 1.18 bits per heavy atom. The molecule has 4 heterocycles. The van der Waals surface area contributed by atoms with Crippen molar-refractivity contribution in [2.24, 2.45) is 0 Å². The van der Waals surface area contributed by atoms with Gasteiger partial charge >= 0.3 is 12.4 Å². The molecule has 0 aliphatic heterocycles. The zero-order valence-electron chi connectivity index (χ0n) is 35.8. The minimum Gasteiger partial charge on any atom is -0.437 e. The number of ether oxygens (including phenoxy) is 1. The fourth-order valence-corrected chi connectivity index (χ4v) is 7.24. The van der Waals surface area contributed by atoms with E-state index in [1.165, 1.54) is 45.4 Å². The Morgan fingerprint density at radius 3 is 1.64 bits per heavy atom. The van der Waals surface area contributed by atoms with Gasteiger partial charge in [0.2, 0.25) is 5.88 Å². The molecule has 9 rings (SSSR count). The molecule has 0 unspecified atom stereocenters. The van der Waals surface area contributed by atoms with Crippen LogP contribution >= 0.6 is 11.6 Å². The van der Waals surface area contributed by atoms with E-state index in [2.05, 4.69) is 41.4 Å². The predicted octanol–water partition coefficient (Wildman–Crippen LogP) is 10.5. The number of aromatic nitrogens is 6. The van der Waals surface area contributed by atoms with E-state index >= 15 is 0 Å². The Balaban J connectivity index is 0.000000186. The fraction of sp³-hybridized carbons (Fsp3) is 0.304. The third-order valence-electron chi connectivity index (χ3n) is 10.7. The number of hydrogen-bond acceptors (Lipinski definition) is 9. The molecule has 0 saturated heterocycles. The van der Waals surface area contributed by atoms with Crippen LogP contribution in [0.2, 0.25) is 5.15 Å². The summed E-state index contributed by atoms with van der Waals surface area (Å²) in [6.45, 7) is 2.99. The van der Waals surface area contributed by atoms with Crippen LogP contribution in [-0.2, 0) is 0 Å². The smallest absolute Gasteiger partial charge is 0.390 e. The first-order valence-corrected chi connectivity index (χ1v) is 21.6. The number of carbonyl (C=O) groups is 2. The van der Waals surface area contributed by atoms with Crippen LogP contribution in [0.5, 0.6) is 11.6 Å². The topological polar surface area (TPSA) is 152 Å². The number of anilines is 2. The number of amides is 2. The molecule has 0 spiro atoms. The van der Waals surface area contributed by atoms with Gasteiger partial charge in [-0.15, -0.1) is 5.10 Å². The summed E-state index contributed by atoms with van der Waals surface area (Å²) in [5.41, 5.74) is 6.61. The Kier molecular flexibility index (Phi) is 13.3. The number of imidazole rings is 2. The Hall–Kier alpha value is -6.96. The summed E-state index contributed by atoms with van der Waals surface area (Å²) < 4.78 is 97.9. The Labute approximate surface area is 383 Å². The fourth-order valence-electron chi connectivity index (χ4n) is 7.05. The molecule has 7 aromatic rings. The molecule has 4 aromatic heterocycles. The molecule has 3 aromatic carbocycles. The van der Waals surface area contributed by atoms with Crippen molar-refractivity contribution in [3.63, 3.8) is 0 Å². The predicted molar refractivity (Wildman–Crippen MR) is 237 cm³/mol. The summed E-state index contributed by atoms with van der Waals surface area (Å²) in [7, 11) is 0. The average Bonchev–Trinajstić information content (AvgIpc) is 4.17. The largest absolute Gasteiger partial charge is 0.437 e. The minimum atomic E-state index is -4.33. The van der Waals surface area contributed by atoms with Gasteiger partial charge in [0.05, 0.1) is 48.0 Å². The third-order valence-corrected chi connectivity index (χ3v) is 10.9. The van der Waals surface area contributed by atoms with Crippen molar-refractivity contribution in [2.75, 3.05) is 23.7 Å². The van der Waals surface area contributed by atoms with Crippen molar-refractivity contribution < 1.29 is 45.1 Å². The first kappa shape index (κ1) is 46.6. The lowest BCUT2D eigenvalue weighted by molar-refractivity contribution is -0.132. The maximum atomic E-state index is 13.7. The van der Waals surface area contributed by atoms with Crippen molar-refractivity contribution in [1.82, 2.24) is 39.8 Å². The van der Waals surface area contributed by atoms with E-state index in [-0.39, 0.29) is 65.1 Å². The van der Waals surface area contributed by atoms with E-state index in [1.807, 2.05) is 26.0 Å². The summed E-state index contributed by atoms with van der Waals surface area (Å²) in [5, 5.41) is 20.2. The Morgan fingerprint density at radius 1 is 0.687 bits per heavy atom. The number of carbonyl (C=O) groups excluding carboxylic acids is 2. The van der Waals surface area contributed by atoms with Gasteiger partial charge in [-0.05, 0) is 87.1 Å². The molecule has 2 saturated carbocycles. The second-order valence-electron chi connectivity index (χ2n) is 16.2. The molecule has 21 heteroatoms. The van der Waals surface area contributed by atoms with E-state index in [0.29, 0.717) is 39.4 Å². The molecular formula is C46H42ClF7N10O3. The number of aryl methyl sites for hydroxylation is 2. The van der Waals surface area contributed by atoms with E-state index in [4.69, 9.17) is 16.3 Å². The normalized spacial score (nSPS) is 13.8. The van der Waals surface area contributed by atoms with Gasteiger partial charge in [0.1, 0.15) is 11.6 Å². The summed E-state index contributed by atoms with van der Waals surface area (Å²) in [4.78, 5) is 33.5. The number of nitrogens with one attached hydrogen (secondary N) is 4. The highest BCUT2D eigenvalue weighted by molar-refractivity contribution is 6.29. The maximum Gasteiger partial charge on any atom is 0.390 e. The van der Waals surface area contributed by atoms with Crippen LogP contribution in [0.1, 0.15) is 70.4 Å². The van der Waals surface area contributed by atoms with Crippen molar-refractivity contribution in [3.8, 4) is 34.1 Å². The molecule has 67 heavy (non-hydrogen) atoms. The summed E-state index contributed by atoms with van der Waals surface area (Å²) in [6.07, 6.45) is -3.50. The first-order valence-electron chi connectivity index (χ1n) is 21.2. The van der Waals surface area contributed by atoms with Crippen molar-refractivity contribution >= 4 is 46.1 Å². The minimum absolute atomic E-state index is 0.0315. The number of nitrogens with zero attached hydrogens (tertiary/aromatic N) is 6. The quantitative estimate of drug-likeness (QED) is 0.0781. The molecule has 0 radical (unpaired) electrons.